The minimum absolute atomic E-state index is 0.0137. The van der Waals surface area contributed by atoms with Crippen LogP contribution in [0.4, 0.5) is 0 Å². The van der Waals surface area contributed by atoms with E-state index in [0.29, 0.717) is 5.56 Å². The molecule has 1 fully saturated rings. The number of aromatic nitrogens is 1. The fourth-order valence-electron chi connectivity index (χ4n) is 3.53. The van der Waals surface area contributed by atoms with Gasteiger partial charge in [0.15, 0.2) is 0 Å². The van der Waals surface area contributed by atoms with Gasteiger partial charge in [-0.15, -0.1) is 0 Å². The van der Waals surface area contributed by atoms with E-state index in [1.165, 1.54) is 17.4 Å². The lowest BCUT2D eigenvalue weighted by Crippen LogP contribution is -2.54. The van der Waals surface area contributed by atoms with Crippen molar-refractivity contribution in [3.63, 3.8) is 0 Å². The molecule has 1 aromatic heterocycles. The number of rotatable bonds is 7. The SMILES string of the molecule is CCN(CC)CCN1CCN(n2c(=O)sc3ccc(Br)c(C=C=O)c32)CC1. The minimum atomic E-state index is -0.0137. The third-order valence-corrected chi connectivity index (χ3v) is 6.76. The van der Waals surface area contributed by atoms with Crippen molar-refractivity contribution in [2.45, 2.75) is 13.8 Å². The van der Waals surface area contributed by atoms with Gasteiger partial charge in [0.2, 0.25) is 0 Å². The molecule has 0 radical (unpaired) electrons. The van der Waals surface area contributed by atoms with E-state index in [4.69, 9.17) is 0 Å². The van der Waals surface area contributed by atoms with Crippen molar-refractivity contribution in [1.29, 1.82) is 0 Å². The van der Waals surface area contributed by atoms with Gasteiger partial charge >= 0.3 is 4.87 Å². The van der Waals surface area contributed by atoms with E-state index < -0.39 is 0 Å². The summed E-state index contributed by atoms with van der Waals surface area (Å²) in [6.07, 6.45) is 1.40. The molecule has 1 aliphatic rings. The molecule has 3 rings (SSSR count). The first kappa shape index (κ1) is 20.3. The summed E-state index contributed by atoms with van der Waals surface area (Å²) < 4.78 is 3.42. The highest BCUT2D eigenvalue weighted by molar-refractivity contribution is 9.10. The predicted molar refractivity (Wildman–Crippen MR) is 116 cm³/mol. The molecule has 2 heterocycles. The normalized spacial score (nSPS) is 15.5. The third kappa shape index (κ3) is 4.36. The van der Waals surface area contributed by atoms with Crippen molar-refractivity contribution in [2.75, 3.05) is 57.4 Å². The van der Waals surface area contributed by atoms with Crippen LogP contribution in [0.25, 0.3) is 16.3 Å². The van der Waals surface area contributed by atoms with E-state index in [1.54, 1.807) is 4.68 Å². The lowest BCUT2D eigenvalue weighted by Gasteiger charge is -2.37. The topological polar surface area (TPSA) is 48.8 Å². The first-order valence-corrected chi connectivity index (χ1v) is 10.9. The molecule has 0 atom stereocenters. The van der Waals surface area contributed by atoms with E-state index in [1.807, 2.05) is 18.1 Å². The van der Waals surface area contributed by atoms with Gasteiger partial charge in [0, 0.05) is 55.4 Å². The summed E-state index contributed by atoms with van der Waals surface area (Å²) in [4.78, 5) is 28.5. The van der Waals surface area contributed by atoms with Crippen LogP contribution in [0.5, 0.6) is 0 Å². The fourth-order valence-corrected chi connectivity index (χ4v) is 4.87. The minimum Gasteiger partial charge on any atom is -0.306 e. The molecule has 1 saturated heterocycles. The van der Waals surface area contributed by atoms with Crippen molar-refractivity contribution < 1.29 is 4.79 Å². The maximum Gasteiger partial charge on any atom is 0.326 e. The third-order valence-electron chi connectivity index (χ3n) is 5.17. The average molecular weight is 453 g/mol. The van der Waals surface area contributed by atoms with Crippen LogP contribution in [-0.4, -0.2) is 72.8 Å². The number of likely N-dealkylation sites (N-methyl/N-ethyl adjacent to an activating group) is 1. The first-order chi connectivity index (χ1) is 13.1. The van der Waals surface area contributed by atoms with E-state index in [2.05, 4.69) is 44.6 Å². The van der Waals surface area contributed by atoms with Gasteiger partial charge in [0.25, 0.3) is 0 Å². The predicted octanol–water partition coefficient (Wildman–Crippen LogP) is 2.27. The first-order valence-electron chi connectivity index (χ1n) is 9.33. The highest BCUT2D eigenvalue weighted by atomic mass is 79.9. The molecule has 6 nitrogen and oxygen atoms in total. The van der Waals surface area contributed by atoms with Gasteiger partial charge in [-0.2, -0.15) is 0 Å². The number of hydrogen-bond donors (Lipinski definition) is 0. The van der Waals surface area contributed by atoms with Gasteiger partial charge in [0.1, 0.15) is 5.94 Å². The second-order valence-corrected chi connectivity index (χ2v) is 8.42. The zero-order valence-corrected chi connectivity index (χ0v) is 18.2. The Morgan fingerprint density at radius 3 is 2.56 bits per heavy atom. The molecule has 146 valence electrons. The Hall–Kier alpha value is -1.44. The number of benzene rings is 1. The molecule has 0 saturated carbocycles. The van der Waals surface area contributed by atoms with Crippen LogP contribution in [0.3, 0.4) is 0 Å². The average Bonchev–Trinajstić information content (AvgIpc) is 3.02. The van der Waals surface area contributed by atoms with Crippen LogP contribution in [0, 0.1) is 0 Å². The number of carbonyl (C=O) groups excluding carboxylic acids is 1. The highest BCUT2D eigenvalue weighted by Gasteiger charge is 2.22. The molecule has 0 N–H and O–H groups in total. The van der Waals surface area contributed by atoms with E-state index in [-0.39, 0.29) is 4.87 Å². The van der Waals surface area contributed by atoms with Crippen molar-refractivity contribution in [3.05, 3.63) is 31.8 Å². The van der Waals surface area contributed by atoms with Gasteiger partial charge in [-0.1, -0.05) is 41.1 Å². The van der Waals surface area contributed by atoms with E-state index in [0.717, 1.165) is 67.0 Å². The highest BCUT2D eigenvalue weighted by Crippen LogP contribution is 2.29. The van der Waals surface area contributed by atoms with Gasteiger partial charge in [-0.3, -0.25) is 9.69 Å². The van der Waals surface area contributed by atoms with Crippen molar-refractivity contribution >= 4 is 49.5 Å². The summed E-state index contributed by atoms with van der Waals surface area (Å²) in [5.74, 6) is 1.85. The Balaban J connectivity index is 1.79. The van der Waals surface area contributed by atoms with Crippen LogP contribution in [0.1, 0.15) is 19.4 Å². The second-order valence-electron chi connectivity index (χ2n) is 6.57. The Morgan fingerprint density at radius 2 is 1.93 bits per heavy atom. The maximum absolute atomic E-state index is 12.7. The lowest BCUT2D eigenvalue weighted by atomic mass is 10.2. The van der Waals surface area contributed by atoms with E-state index >= 15 is 0 Å². The van der Waals surface area contributed by atoms with Gasteiger partial charge in [-0.05, 0) is 25.2 Å². The van der Waals surface area contributed by atoms with Gasteiger partial charge in [0.05, 0.1) is 10.2 Å². The molecule has 2 aromatic rings. The molecule has 1 aromatic carbocycles. The Labute approximate surface area is 171 Å². The van der Waals surface area contributed by atoms with E-state index in [9.17, 15) is 9.59 Å². The molecular weight excluding hydrogens is 428 g/mol. The Morgan fingerprint density at radius 1 is 1.22 bits per heavy atom. The summed E-state index contributed by atoms with van der Waals surface area (Å²) in [6, 6.07) is 3.79. The molecular formula is C19H25BrN4O2S. The summed E-state index contributed by atoms with van der Waals surface area (Å²) in [5, 5.41) is 2.10. The smallest absolute Gasteiger partial charge is 0.306 e. The molecule has 27 heavy (non-hydrogen) atoms. The lowest BCUT2D eigenvalue weighted by molar-refractivity contribution is 0.197. The molecule has 0 unspecified atom stereocenters. The zero-order chi connectivity index (χ0) is 19.4. The van der Waals surface area contributed by atoms with Gasteiger partial charge < -0.3 is 9.91 Å². The standard InChI is InChI=1S/C19H25BrN4O2S/c1-3-21(4-2)8-9-22-10-12-23(13-11-22)24-18-15(7-14-25)16(20)5-6-17(18)27-19(24)26/h5-7H,3-4,8-13H2,1-2H3. The quantitative estimate of drug-likeness (QED) is 0.603. The largest absolute Gasteiger partial charge is 0.326 e. The molecule has 0 amide bonds. The number of fused-ring (bicyclic) bond motifs is 1. The molecule has 0 spiro atoms. The summed E-state index contributed by atoms with van der Waals surface area (Å²) in [6.45, 7) is 12.1. The van der Waals surface area contributed by atoms with Gasteiger partial charge in [-0.25, -0.2) is 9.47 Å². The molecule has 1 aliphatic heterocycles. The number of thiazole rings is 1. The maximum atomic E-state index is 12.7. The molecule has 0 bridgehead atoms. The molecule has 8 heteroatoms. The summed E-state index contributed by atoms with van der Waals surface area (Å²) in [5.41, 5.74) is 1.50. The summed E-state index contributed by atoms with van der Waals surface area (Å²) in [7, 11) is 0. The Kier molecular flexibility index (Phi) is 6.89. The van der Waals surface area contributed by atoms with Crippen molar-refractivity contribution in [2.24, 2.45) is 0 Å². The number of hydrogen-bond acceptors (Lipinski definition) is 6. The van der Waals surface area contributed by atoms with Crippen LogP contribution in [0.2, 0.25) is 0 Å². The van der Waals surface area contributed by atoms with Crippen LogP contribution in [0.15, 0.2) is 21.4 Å². The van der Waals surface area contributed by atoms with Crippen molar-refractivity contribution in [1.82, 2.24) is 14.5 Å². The Bertz CT molecular complexity index is 891. The second kappa shape index (κ2) is 9.17. The molecule has 0 aliphatic carbocycles. The van der Waals surface area contributed by atoms with Crippen LogP contribution >= 0.6 is 27.3 Å². The van der Waals surface area contributed by atoms with Crippen LogP contribution in [-0.2, 0) is 4.79 Å². The monoisotopic (exact) mass is 452 g/mol. The number of piperazine rings is 1. The van der Waals surface area contributed by atoms with Crippen molar-refractivity contribution in [3.8, 4) is 0 Å². The fraction of sp³-hybridized carbons (Fsp3) is 0.526. The van der Waals surface area contributed by atoms with Crippen LogP contribution < -0.4 is 9.88 Å². The zero-order valence-electron chi connectivity index (χ0n) is 15.8. The number of halogens is 1. The number of nitrogens with zero attached hydrogens (tertiary/aromatic N) is 4. The summed E-state index contributed by atoms with van der Waals surface area (Å²) >= 11 is 4.71.